The Labute approximate surface area is 80.1 Å². The average Bonchev–Trinajstić information content (AvgIpc) is 2.46. The molecule has 5 heteroatoms. The summed E-state index contributed by atoms with van der Waals surface area (Å²) in [6, 6.07) is 1.80. The molecule has 0 spiro atoms. The molecule has 0 aliphatic heterocycles. The van der Waals surface area contributed by atoms with E-state index >= 15 is 0 Å². The van der Waals surface area contributed by atoms with Crippen LogP contribution in [0.2, 0.25) is 5.02 Å². The normalized spacial score (nSPS) is 10.9. The molecule has 0 atom stereocenters. The Morgan fingerprint density at radius 2 is 2.38 bits per heavy atom. The second kappa shape index (κ2) is 3.32. The van der Waals surface area contributed by atoms with E-state index in [-0.39, 0.29) is 0 Å². The standard InChI is InChI=1S/C8H9ClN4/c9-5-3-6-8(11-4-5)13-7(12-6)1-2-10/h3-4H,1-2,10H2,(H,11,12,13). The Hall–Kier alpha value is -1.13. The maximum absolute atomic E-state index is 5.77. The van der Waals surface area contributed by atoms with Crippen LogP contribution in [0.3, 0.4) is 0 Å². The number of halogens is 1. The van der Waals surface area contributed by atoms with Crippen LogP contribution in [-0.2, 0) is 6.42 Å². The van der Waals surface area contributed by atoms with Crippen LogP contribution in [0, 0.1) is 0 Å². The third kappa shape index (κ3) is 1.64. The van der Waals surface area contributed by atoms with Gasteiger partial charge in [-0.2, -0.15) is 0 Å². The fourth-order valence-electron chi connectivity index (χ4n) is 1.18. The molecule has 68 valence electrons. The van der Waals surface area contributed by atoms with Gasteiger partial charge in [0.2, 0.25) is 0 Å². The largest absolute Gasteiger partial charge is 0.341 e. The summed E-state index contributed by atoms with van der Waals surface area (Å²) in [5, 5.41) is 0.607. The van der Waals surface area contributed by atoms with Gasteiger partial charge in [-0.1, -0.05) is 11.6 Å². The quantitative estimate of drug-likeness (QED) is 0.756. The Morgan fingerprint density at radius 3 is 3.15 bits per heavy atom. The van der Waals surface area contributed by atoms with Crippen LogP contribution < -0.4 is 5.73 Å². The van der Waals surface area contributed by atoms with E-state index in [9.17, 15) is 0 Å². The summed E-state index contributed by atoms with van der Waals surface area (Å²) in [5.41, 5.74) is 6.95. The van der Waals surface area contributed by atoms with Crippen LogP contribution in [-0.4, -0.2) is 21.5 Å². The number of nitrogens with zero attached hydrogens (tertiary/aromatic N) is 2. The topological polar surface area (TPSA) is 67.6 Å². The zero-order valence-electron chi connectivity index (χ0n) is 6.92. The molecule has 0 saturated carbocycles. The highest BCUT2D eigenvalue weighted by Gasteiger charge is 2.02. The van der Waals surface area contributed by atoms with Crippen LogP contribution in [0.5, 0.6) is 0 Å². The molecule has 0 amide bonds. The maximum Gasteiger partial charge on any atom is 0.177 e. The van der Waals surface area contributed by atoms with E-state index in [4.69, 9.17) is 17.3 Å². The third-order valence-electron chi connectivity index (χ3n) is 1.73. The van der Waals surface area contributed by atoms with Gasteiger partial charge < -0.3 is 10.7 Å². The zero-order valence-corrected chi connectivity index (χ0v) is 7.67. The van der Waals surface area contributed by atoms with Crippen LogP contribution >= 0.6 is 11.6 Å². The Kier molecular flexibility index (Phi) is 2.16. The van der Waals surface area contributed by atoms with Crippen molar-refractivity contribution < 1.29 is 0 Å². The van der Waals surface area contributed by atoms with Crippen molar-refractivity contribution in [2.75, 3.05) is 6.54 Å². The van der Waals surface area contributed by atoms with E-state index < -0.39 is 0 Å². The van der Waals surface area contributed by atoms with Crippen LogP contribution in [0.1, 0.15) is 5.82 Å². The second-order valence-electron chi connectivity index (χ2n) is 2.75. The van der Waals surface area contributed by atoms with Gasteiger partial charge in [0.15, 0.2) is 5.65 Å². The van der Waals surface area contributed by atoms with Crippen LogP contribution in [0.25, 0.3) is 11.2 Å². The molecular weight excluding hydrogens is 188 g/mol. The highest BCUT2D eigenvalue weighted by atomic mass is 35.5. The summed E-state index contributed by atoms with van der Waals surface area (Å²) in [7, 11) is 0. The number of nitrogens with two attached hydrogens (primary N) is 1. The van der Waals surface area contributed by atoms with Gasteiger partial charge in [0, 0.05) is 12.6 Å². The molecule has 0 unspecified atom stereocenters. The van der Waals surface area contributed by atoms with E-state index in [1.807, 2.05) is 0 Å². The van der Waals surface area contributed by atoms with Gasteiger partial charge in [0.1, 0.15) is 5.82 Å². The maximum atomic E-state index is 5.77. The molecule has 0 saturated heterocycles. The molecule has 0 aliphatic rings. The van der Waals surface area contributed by atoms with E-state index in [1.54, 1.807) is 12.3 Å². The number of H-pyrrole nitrogens is 1. The van der Waals surface area contributed by atoms with Gasteiger partial charge in [0.25, 0.3) is 0 Å². The number of hydrogen-bond donors (Lipinski definition) is 2. The Morgan fingerprint density at radius 1 is 1.54 bits per heavy atom. The first kappa shape index (κ1) is 8.47. The number of fused-ring (bicyclic) bond motifs is 1. The molecule has 0 aliphatic carbocycles. The monoisotopic (exact) mass is 196 g/mol. The lowest BCUT2D eigenvalue weighted by Crippen LogP contribution is -2.03. The minimum Gasteiger partial charge on any atom is -0.341 e. The summed E-state index contributed by atoms with van der Waals surface area (Å²) in [6.07, 6.45) is 2.31. The molecule has 0 bridgehead atoms. The summed E-state index contributed by atoms with van der Waals surface area (Å²) in [4.78, 5) is 11.4. The number of imidazole rings is 1. The zero-order chi connectivity index (χ0) is 9.26. The molecule has 2 rings (SSSR count). The molecule has 2 heterocycles. The van der Waals surface area contributed by atoms with Gasteiger partial charge in [-0.3, -0.25) is 0 Å². The fourth-order valence-corrected chi connectivity index (χ4v) is 1.34. The van der Waals surface area contributed by atoms with Crippen LogP contribution in [0.4, 0.5) is 0 Å². The minimum atomic E-state index is 0.577. The van der Waals surface area contributed by atoms with Crippen molar-refractivity contribution in [2.45, 2.75) is 6.42 Å². The average molecular weight is 197 g/mol. The van der Waals surface area contributed by atoms with E-state index in [2.05, 4.69) is 15.0 Å². The molecule has 0 fully saturated rings. The smallest absolute Gasteiger partial charge is 0.177 e. The predicted octanol–water partition coefficient (Wildman–Crippen LogP) is 1.11. The summed E-state index contributed by atoms with van der Waals surface area (Å²) < 4.78 is 0. The molecule has 3 N–H and O–H groups in total. The van der Waals surface area contributed by atoms with Crippen molar-refractivity contribution >= 4 is 22.8 Å². The molecule has 0 aromatic carbocycles. The lowest BCUT2D eigenvalue weighted by Gasteiger charge is -1.87. The SMILES string of the molecule is NCCc1nc2ncc(Cl)cc2[nH]1. The Bertz CT molecular complexity index is 423. The predicted molar refractivity (Wildman–Crippen MR) is 51.7 cm³/mol. The van der Waals surface area contributed by atoms with Crippen molar-refractivity contribution in [3.63, 3.8) is 0 Å². The lowest BCUT2D eigenvalue weighted by atomic mass is 10.4. The number of hydrogen-bond acceptors (Lipinski definition) is 3. The number of aromatic nitrogens is 3. The molecule has 4 nitrogen and oxygen atoms in total. The highest BCUT2D eigenvalue weighted by molar-refractivity contribution is 6.30. The fraction of sp³-hybridized carbons (Fsp3) is 0.250. The molecule has 2 aromatic heterocycles. The number of nitrogens with one attached hydrogen (secondary N) is 1. The summed E-state index contributed by atoms with van der Waals surface area (Å²) in [5.74, 6) is 0.854. The van der Waals surface area contributed by atoms with Crippen molar-refractivity contribution in [1.82, 2.24) is 15.0 Å². The van der Waals surface area contributed by atoms with Gasteiger partial charge >= 0.3 is 0 Å². The first-order chi connectivity index (χ1) is 6.29. The van der Waals surface area contributed by atoms with E-state index in [0.29, 0.717) is 17.2 Å². The van der Waals surface area contributed by atoms with Crippen molar-refractivity contribution in [3.05, 3.63) is 23.1 Å². The van der Waals surface area contributed by atoms with Gasteiger partial charge in [-0.15, -0.1) is 0 Å². The van der Waals surface area contributed by atoms with Gasteiger partial charge in [-0.25, -0.2) is 9.97 Å². The first-order valence-electron chi connectivity index (χ1n) is 4.00. The second-order valence-corrected chi connectivity index (χ2v) is 3.18. The molecule has 13 heavy (non-hydrogen) atoms. The number of rotatable bonds is 2. The number of aromatic amines is 1. The van der Waals surface area contributed by atoms with E-state index in [1.165, 1.54) is 0 Å². The highest BCUT2D eigenvalue weighted by Crippen LogP contribution is 2.14. The van der Waals surface area contributed by atoms with Crippen molar-refractivity contribution in [3.8, 4) is 0 Å². The van der Waals surface area contributed by atoms with Crippen LogP contribution in [0.15, 0.2) is 12.3 Å². The van der Waals surface area contributed by atoms with Crippen molar-refractivity contribution in [1.29, 1.82) is 0 Å². The van der Waals surface area contributed by atoms with E-state index in [0.717, 1.165) is 17.8 Å². The van der Waals surface area contributed by atoms with Gasteiger partial charge in [0.05, 0.1) is 10.5 Å². The lowest BCUT2D eigenvalue weighted by molar-refractivity contribution is 0.899. The minimum absolute atomic E-state index is 0.577. The van der Waals surface area contributed by atoms with Crippen molar-refractivity contribution in [2.24, 2.45) is 5.73 Å². The first-order valence-corrected chi connectivity index (χ1v) is 4.37. The molecule has 0 radical (unpaired) electrons. The molecule has 2 aromatic rings. The van der Waals surface area contributed by atoms with Gasteiger partial charge in [-0.05, 0) is 12.6 Å². The molecular formula is C8H9ClN4. The summed E-state index contributed by atoms with van der Waals surface area (Å²) >= 11 is 5.77. The summed E-state index contributed by atoms with van der Waals surface area (Å²) in [6.45, 7) is 0.577. The third-order valence-corrected chi connectivity index (χ3v) is 1.94. The number of pyridine rings is 1. The Balaban J connectivity index is 2.49.